The number of rotatable bonds is 11. The average molecular weight is 559 g/mol. The van der Waals surface area contributed by atoms with Crippen molar-refractivity contribution in [1.82, 2.24) is 0 Å². The van der Waals surface area contributed by atoms with Crippen LogP contribution in [0, 0.1) is 0 Å². The molecule has 0 aromatic rings. The second-order valence-electron chi connectivity index (χ2n) is 7.43. The summed E-state index contributed by atoms with van der Waals surface area (Å²) >= 11 is 0. The zero-order chi connectivity index (χ0) is 26.7. The van der Waals surface area contributed by atoms with Gasteiger partial charge in [0.15, 0.2) is 12.6 Å². The smallest absolute Gasteiger partial charge is 0.470 e. The molecule has 35 heavy (non-hydrogen) atoms. The van der Waals surface area contributed by atoms with Gasteiger partial charge >= 0.3 is 24.2 Å². The Hall–Kier alpha value is -0.910. The number of carbonyl (C=O) groups is 1. The lowest BCUT2D eigenvalue weighted by atomic mass is 9.99. The molecule has 0 aliphatic carbocycles. The van der Waals surface area contributed by atoms with E-state index in [9.17, 15) is 38.2 Å². The maximum absolute atomic E-state index is 11.3. The number of hydrogen-bond acceptors (Lipinski definition) is 15. The normalized spacial score (nSPS) is 37.7. The minimum Gasteiger partial charge on any atom is -0.480 e. The first kappa shape index (κ1) is 30.3. The van der Waals surface area contributed by atoms with Crippen LogP contribution in [-0.2, 0) is 47.4 Å². The van der Waals surface area contributed by atoms with E-state index >= 15 is 0 Å². The molecular formula is C14H26NO18PS. The third kappa shape index (κ3) is 8.86. The third-order valence-corrected chi connectivity index (χ3v) is 5.74. The second kappa shape index (κ2) is 12.1. The van der Waals surface area contributed by atoms with Crippen molar-refractivity contribution in [3.8, 4) is 0 Å². The Labute approximate surface area is 197 Å². The summed E-state index contributed by atoms with van der Waals surface area (Å²) in [6.07, 6.45) is -16.7. The van der Waals surface area contributed by atoms with Gasteiger partial charge in [-0.05, 0) is 0 Å². The van der Waals surface area contributed by atoms with E-state index in [1.807, 2.05) is 0 Å². The SMILES string of the molecule is N[C@@H](CO[C@@H]1OC[C@@H](O[C@@H]2O[C@H](COS(=O)(=O)O)[C@H](O)[C@H](O)[C@H]2O)[C@H](O)[C@H]1OP(=O)(O)O)C(=O)O. The molecule has 2 rings (SSSR count). The van der Waals surface area contributed by atoms with Crippen molar-refractivity contribution in [2.75, 3.05) is 19.8 Å². The van der Waals surface area contributed by atoms with E-state index < -0.39 is 105 Å². The molecule has 0 unspecified atom stereocenters. The minimum absolute atomic E-state index is 0.618. The van der Waals surface area contributed by atoms with E-state index in [4.69, 9.17) is 44.1 Å². The summed E-state index contributed by atoms with van der Waals surface area (Å²) in [6.45, 7) is -2.34. The van der Waals surface area contributed by atoms with Gasteiger partial charge in [-0.25, -0.2) is 8.75 Å². The number of carboxylic acids is 1. The monoisotopic (exact) mass is 559 g/mol. The summed E-state index contributed by atoms with van der Waals surface area (Å²) in [5.41, 5.74) is 5.28. The van der Waals surface area contributed by atoms with Crippen molar-refractivity contribution in [2.24, 2.45) is 5.73 Å². The number of nitrogens with two attached hydrogens (primary N) is 1. The van der Waals surface area contributed by atoms with Gasteiger partial charge in [0.2, 0.25) is 0 Å². The highest BCUT2D eigenvalue weighted by Gasteiger charge is 2.50. The summed E-state index contributed by atoms with van der Waals surface area (Å²) in [4.78, 5) is 29.1. The van der Waals surface area contributed by atoms with Crippen molar-refractivity contribution in [3.63, 3.8) is 0 Å². The van der Waals surface area contributed by atoms with Gasteiger partial charge in [0.1, 0.15) is 48.8 Å². The fourth-order valence-electron chi connectivity index (χ4n) is 3.05. The molecule has 10 N–H and O–H groups in total. The van der Waals surface area contributed by atoms with Gasteiger partial charge in [-0.1, -0.05) is 0 Å². The Morgan fingerprint density at radius 2 is 1.71 bits per heavy atom. The van der Waals surface area contributed by atoms with Crippen LogP contribution in [0.5, 0.6) is 0 Å². The van der Waals surface area contributed by atoms with Crippen LogP contribution in [0.15, 0.2) is 0 Å². The predicted molar refractivity (Wildman–Crippen MR) is 103 cm³/mol. The van der Waals surface area contributed by atoms with Crippen LogP contribution in [0.1, 0.15) is 0 Å². The number of aliphatic hydroxyl groups is 4. The van der Waals surface area contributed by atoms with Gasteiger partial charge in [0.25, 0.3) is 0 Å². The average Bonchev–Trinajstić information content (AvgIpc) is 2.73. The van der Waals surface area contributed by atoms with Crippen LogP contribution in [0.4, 0.5) is 0 Å². The Bertz CT molecular complexity index is 867. The molecule has 2 aliphatic heterocycles. The van der Waals surface area contributed by atoms with E-state index in [2.05, 4.69) is 8.71 Å². The Kier molecular flexibility index (Phi) is 10.5. The van der Waals surface area contributed by atoms with Crippen LogP contribution < -0.4 is 5.73 Å². The maximum Gasteiger partial charge on any atom is 0.470 e. The van der Waals surface area contributed by atoms with Crippen LogP contribution in [0.25, 0.3) is 0 Å². The summed E-state index contributed by atoms with van der Waals surface area (Å²) in [6, 6.07) is -1.55. The van der Waals surface area contributed by atoms with Crippen LogP contribution in [-0.4, -0.2) is 135 Å². The van der Waals surface area contributed by atoms with E-state index in [0.29, 0.717) is 0 Å². The molecule has 2 saturated heterocycles. The number of carboxylic acid groups (broad SMARTS) is 1. The summed E-state index contributed by atoms with van der Waals surface area (Å²) < 4.78 is 70.7. The van der Waals surface area contributed by atoms with E-state index in [1.165, 1.54) is 0 Å². The second-order valence-corrected chi connectivity index (χ2v) is 9.72. The molecular weight excluding hydrogens is 533 g/mol. The van der Waals surface area contributed by atoms with Crippen molar-refractivity contribution < 1.29 is 85.3 Å². The lowest BCUT2D eigenvalue weighted by Crippen LogP contribution is -2.62. The standard InChI is InChI=1S/C14H26NO18PS/c15-4(12(20)21)1-28-14-11(33-34(22,23)24)8(17)5(2-29-14)31-13-10(19)9(18)7(16)6(32-13)3-30-35(25,26)27/h4-11,13-14,16-19H,1-3,15H2,(H,20,21)(H2,22,23,24)(H,25,26,27)/t4-,5+,6+,7-,8-,9-,10+,11+,13+,14+/m0/s1. The largest absolute Gasteiger partial charge is 0.480 e. The molecule has 21 heteroatoms. The molecule has 0 amide bonds. The topological polar surface area (TPSA) is 312 Å². The molecule has 0 spiro atoms. The number of hydrogen-bond donors (Lipinski definition) is 9. The van der Waals surface area contributed by atoms with Crippen molar-refractivity contribution in [2.45, 2.75) is 61.3 Å². The number of aliphatic hydroxyl groups excluding tert-OH is 4. The fourth-order valence-corrected chi connectivity index (χ4v) is 3.90. The first-order valence-electron chi connectivity index (χ1n) is 9.60. The highest BCUT2D eigenvalue weighted by atomic mass is 32.3. The zero-order valence-corrected chi connectivity index (χ0v) is 19.2. The number of phosphoric ester groups is 1. The first-order valence-corrected chi connectivity index (χ1v) is 12.5. The molecule has 0 aromatic heterocycles. The van der Waals surface area contributed by atoms with Crippen LogP contribution in [0.2, 0.25) is 0 Å². The Balaban J connectivity index is 2.13. The molecule has 2 heterocycles. The minimum atomic E-state index is -5.28. The Morgan fingerprint density at radius 1 is 1.09 bits per heavy atom. The number of phosphoric acid groups is 1. The maximum atomic E-state index is 11.3. The first-order chi connectivity index (χ1) is 16.0. The quantitative estimate of drug-likeness (QED) is 0.0842. The third-order valence-electron chi connectivity index (χ3n) is 4.79. The van der Waals surface area contributed by atoms with Crippen LogP contribution in [0.3, 0.4) is 0 Å². The highest BCUT2D eigenvalue weighted by Crippen LogP contribution is 2.41. The van der Waals surface area contributed by atoms with Gasteiger partial charge < -0.3 is 60.0 Å². The van der Waals surface area contributed by atoms with Gasteiger partial charge in [0, 0.05) is 0 Å². The van der Waals surface area contributed by atoms with Crippen molar-refractivity contribution in [3.05, 3.63) is 0 Å². The lowest BCUT2D eigenvalue weighted by molar-refractivity contribution is -0.341. The molecule has 0 bridgehead atoms. The number of ether oxygens (including phenoxy) is 4. The molecule has 2 fully saturated rings. The van der Waals surface area contributed by atoms with Gasteiger partial charge in [-0.15, -0.1) is 0 Å². The van der Waals surface area contributed by atoms with E-state index in [1.54, 1.807) is 0 Å². The zero-order valence-electron chi connectivity index (χ0n) is 17.5. The molecule has 0 radical (unpaired) electrons. The fraction of sp³-hybridized carbons (Fsp3) is 0.929. The molecule has 10 atom stereocenters. The van der Waals surface area contributed by atoms with Gasteiger partial charge in [-0.3, -0.25) is 13.9 Å². The predicted octanol–water partition coefficient (Wildman–Crippen LogP) is -5.38. The summed E-state index contributed by atoms with van der Waals surface area (Å²) in [5.74, 6) is -1.47. The number of aliphatic carboxylic acids is 1. The van der Waals surface area contributed by atoms with Crippen molar-refractivity contribution in [1.29, 1.82) is 0 Å². The van der Waals surface area contributed by atoms with Crippen molar-refractivity contribution >= 4 is 24.2 Å². The lowest BCUT2D eigenvalue weighted by Gasteiger charge is -2.44. The molecule has 0 saturated carbocycles. The van der Waals surface area contributed by atoms with Gasteiger partial charge in [-0.2, -0.15) is 8.42 Å². The molecule has 206 valence electrons. The van der Waals surface area contributed by atoms with Gasteiger partial charge in [0.05, 0.1) is 19.8 Å². The molecule has 19 nitrogen and oxygen atoms in total. The van der Waals surface area contributed by atoms with E-state index in [-0.39, 0.29) is 0 Å². The summed E-state index contributed by atoms with van der Waals surface area (Å²) in [7, 11) is -10.2. The molecule has 2 aliphatic rings. The molecule has 0 aromatic carbocycles. The Morgan fingerprint density at radius 3 is 2.26 bits per heavy atom. The summed E-state index contributed by atoms with van der Waals surface area (Å²) in [5, 5.41) is 49.4. The highest BCUT2D eigenvalue weighted by molar-refractivity contribution is 7.80. The van der Waals surface area contributed by atoms with Crippen LogP contribution >= 0.6 is 7.82 Å². The van der Waals surface area contributed by atoms with E-state index in [0.717, 1.165) is 0 Å².